The van der Waals surface area contributed by atoms with Gasteiger partial charge in [0.05, 0.1) is 0 Å². The molecule has 0 saturated heterocycles. The second-order valence-corrected chi connectivity index (χ2v) is 6.34. The van der Waals surface area contributed by atoms with Gasteiger partial charge in [0, 0.05) is 11.1 Å². The highest BCUT2D eigenvalue weighted by atomic mass is 14.5. The van der Waals surface area contributed by atoms with E-state index in [9.17, 15) is 0 Å². The van der Waals surface area contributed by atoms with Crippen molar-refractivity contribution in [1.82, 2.24) is 0 Å². The Hall–Kier alpha value is -1.24. The maximum absolute atomic E-state index is 5.77. The van der Waals surface area contributed by atoms with Crippen LogP contribution >= 0.6 is 0 Å². The van der Waals surface area contributed by atoms with Gasteiger partial charge in [-0.05, 0) is 37.5 Å². The van der Waals surface area contributed by atoms with Crippen molar-refractivity contribution in [1.29, 1.82) is 0 Å². The van der Waals surface area contributed by atoms with E-state index in [2.05, 4.69) is 53.3 Å². The summed E-state index contributed by atoms with van der Waals surface area (Å²) in [5.41, 5.74) is 9.37. The van der Waals surface area contributed by atoms with Gasteiger partial charge < -0.3 is 5.73 Å². The molecule has 0 heterocycles. The molecule has 0 unspecified atom stereocenters. The molecule has 126 valence electrons. The van der Waals surface area contributed by atoms with Crippen LogP contribution < -0.4 is 5.73 Å². The normalized spacial score (nSPS) is 10.8. The molecule has 0 atom stereocenters. The van der Waals surface area contributed by atoms with Crippen LogP contribution in [0.2, 0.25) is 0 Å². The van der Waals surface area contributed by atoms with E-state index in [0.29, 0.717) is 0 Å². The summed E-state index contributed by atoms with van der Waals surface area (Å²) >= 11 is 0. The molecule has 0 saturated carbocycles. The maximum Gasteiger partial charge on any atom is 0.0314 e. The molecule has 0 aliphatic heterocycles. The number of nitrogens with two attached hydrogens (primary N) is 1. The van der Waals surface area contributed by atoms with Gasteiger partial charge in [0.2, 0.25) is 0 Å². The standard InChI is InChI=1S/C16H25N.C5H12/c1-5-11-16(12-6-2,13(3)4)14-7-9-15(17)10-8-14;1-3-5-4-2/h7-10H,3,5-6,11-12,17H2,1-2,4H3;3-5H2,1-2H3. The summed E-state index contributed by atoms with van der Waals surface area (Å²) in [6, 6.07) is 8.32. The van der Waals surface area contributed by atoms with E-state index in [-0.39, 0.29) is 5.41 Å². The van der Waals surface area contributed by atoms with Crippen molar-refractivity contribution in [2.24, 2.45) is 0 Å². The molecular formula is C21H37N. The monoisotopic (exact) mass is 303 g/mol. The molecule has 0 radical (unpaired) electrons. The van der Waals surface area contributed by atoms with Crippen LogP contribution in [-0.2, 0) is 5.41 Å². The summed E-state index contributed by atoms with van der Waals surface area (Å²) in [5.74, 6) is 0. The summed E-state index contributed by atoms with van der Waals surface area (Å²) in [7, 11) is 0. The molecule has 1 heteroatoms. The number of rotatable bonds is 8. The molecule has 1 aromatic carbocycles. The smallest absolute Gasteiger partial charge is 0.0314 e. The van der Waals surface area contributed by atoms with Crippen LogP contribution in [0.4, 0.5) is 5.69 Å². The van der Waals surface area contributed by atoms with Gasteiger partial charge in [-0.3, -0.25) is 0 Å². The van der Waals surface area contributed by atoms with Crippen LogP contribution in [0.1, 0.15) is 85.1 Å². The van der Waals surface area contributed by atoms with Gasteiger partial charge in [-0.1, -0.05) is 84.1 Å². The second-order valence-electron chi connectivity index (χ2n) is 6.34. The third-order valence-corrected chi connectivity index (χ3v) is 4.34. The first-order valence-corrected chi connectivity index (χ1v) is 9.00. The van der Waals surface area contributed by atoms with Crippen LogP contribution in [-0.4, -0.2) is 0 Å². The zero-order chi connectivity index (χ0) is 17.0. The largest absolute Gasteiger partial charge is 0.399 e. The zero-order valence-electron chi connectivity index (χ0n) is 15.5. The molecule has 0 fully saturated rings. The lowest BCUT2D eigenvalue weighted by molar-refractivity contribution is 0.418. The lowest BCUT2D eigenvalue weighted by Gasteiger charge is -2.35. The Bertz CT molecular complexity index is 394. The minimum Gasteiger partial charge on any atom is -0.399 e. The number of nitrogen functional groups attached to an aromatic ring is 1. The Morgan fingerprint density at radius 3 is 1.64 bits per heavy atom. The Labute approximate surface area is 139 Å². The lowest BCUT2D eigenvalue weighted by Crippen LogP contribution is -2.27. The van der Waals surface area contributed by atoms with Gasteiger partial charge in [0.1, 0.15) is 0 Å². The molecular weight excluding hydrogens is 266 g/mol. The van der Waals surface area contributed by atoms with E-state index >= 15 is 0 Å². The highest BCUT2D eigenvalue weighted by molar-refractivity contribution is 5.44. The Morgan fingerprint density at radius 1 is 0.909 bits per heavy atom. The summed E-state index contributed by atoms with van der Waals surface area (Å²) in [4.78, 5) is 0. The number of anilines is 1. The van der Waals surface area contributed by atoms with E-state index in [1.807, 2.05) is 12.1 Å². The van der Waals surface area contributed by atoms with Crippen molar-refractivity contribution in [2.45, 2.75) is 85.0 Å². The number of hydrogen-bond acceptors (Lipinski definition) is 1. The number of benzene rings is 1. The van der Waals surface area contributed by atoms with E-state index in [4.69, 9.17) is 5.73 Å². The molecule has 0 aliphatic rings. The highest BCUT2D eigenvalue weighted by Crippen LogP contribution is 2.40. The first-order valence-electron chi connectivity index (χ1n) is 9.00. The zero-order valence-corrected chi connectivity index (χ0v) is 15.5. The number of unbranched alkanes of at least 4 members (excludes halogenated alkanes) is 2. The van der Waals surface area contributed by atoms with Gasteiger partial charge in [-0.15, -0.1) is 0 Å². The van der Waals surface area contributed by atoms with Crippen molar-refractivity contribution >= 4 is 5.69 Å². The predicted octanol–water partition coefficient (Wildman–Crippen LogP) is 6.88. The average molecular weight is 304 g/mol. The van der Waals surface area contributed by atoms with Crippen LogP contribution in [0.15, 0.2) is 36.4 Å². The first kappa shape index (κ1) is 20.8. The van der Waals surface area contributed by atoms with Crippen molar-refractivity contribution in [3.63, 3.8) is 0 Å². The van der Waals surface area contributed by atoms with Gasteiger partial charge in [-0.25, -0.2) is 0 Å². The average Bonchev–Trinajstić information content (AvgIpc) is 2.49. The van der Waals surface area contributed by atoms with Gasteiger partial charge in [0.25, 0.3) is 0 Å². The molecule has 22 heavy (non-hydrogen) atoms. The molecule has 0 amide bonds. The van der Waals surface area contributed by atoms with Gasteiger partial charge >= 0.3 is 0 Å². The van der Waals surface area contributed by atoms with Gasteiger partial charge in [-0.2, -0.15) is 0 Å². The van der Waals surface area contributed by atoms with Crippen LogP contribution in [0.3, 0.4) is 0 Å². The SMILES string of the molecule is C=C(C)C(CCC)(CCC)c1ccc(N)cc1.CCCCC. The number of allylic oxidation sites excluding steroid dienone is 1. The molecule has 2 N–H and O–H groups in total. The maximum atomic E-state index is 5.77. The Kier molecular flexibility index (Phi) is 10.7. The minimum absolute atomic E-state index is 0.136. The Balaban J connectivity index is 0.000000763. The van der Waals surface area contributed by atoms with E-state index < -0.39 is 0 Å². The lowest BCUT2D eigenvalue weighted by atomic mass is 9.69. The van der Waals surface area contributed by atoms with Crippen LogP contribution in [0.25, 0.3) is 0 Å². The number of hydrogen-bond donors (Lipinski definition) is 1. The summed E-state index contributed by atoms with van der Waals surface area (Å²) < 4.78 is 0. The topological polar surface area (TPSA) is 26.0 Å². The fourth-order valence-electron chi connectivity index (χ4n) is 3.10. The summed E-state index contributed by atoms with van der Waals surface area (Å²) in [6.07, 6.45) is 8.77. The van der Waals surface area contributed by atoms with E-state index in [1.165, 1.54) is 56.1 Å². The molecule has 0 spiro atoms. The fraction of sp³-hybridized carbons (Fsp3) is 0.619. The molecule has 0 aliphatic carbocycles. The van der Waals surface area contributed by atoms with E-state index in [0.717, 1.165) is 5.69 Å². The quantitative estimate of drug-likeness (QED) is 0.411. The molecule has 1 nitrogen and oxygen atoms in total. The van der Waals surface area contributed by atoms with Gasteiger partial charge in [0.15, 0.2) is 0 Å². The summed E-state index contributed by atoms with van der Waals surface area (Å²) in [5, 5.41) is 0. The van der Waals surface area contributed by atoms with Crippen molar-refractivity contribution < 1.29 is 0 Å². The van der Waals surface area contributed by atoms with Crippen LogP contribution in [0, 0.1) is 0 Å². The molecule has 1 aromatic rings. The predicted molar refractivity (Wildman–Crippen MR) is 102 cm³/mol. The fourth-order valence-corrected chi connectivity index (χ4v) is 3.10. The minimum atomic E-state index is 0.136. The Morgan fingerprint density at radius 2 is 1.36 bits per heavy atom. The first-order chi connectivity index (χ1) is 10.5. The van der Waals surface area contributed by atoms with Crippen LogP contribution in [0.5, 0.6) is 0 Å². The van der Waals surface area contributed by atoms with Crippen molar-refractivity contribution in [3.05, 3.63) is 42.0 Å². The summed E-state index contributed by atoms with van der Waals surface area (Å²) in [6.45, 7) is 15.3. The molecule has 0 aromatic heterocycles. The molecule has 0 bridgehead atoms. The van der Waals surface area contributed by atoms with E-state index in [1.54, 1.807) is 0 Å². The van der Waals surface area contributed by atoms with Crippen molar-refractivity contribution in [2.75, 3.05) is 5.73 Å². The van der Waals surface area contributed by atoms with Crippen molar-refractivity contribution in [3.8, 4) is 0 Å². The third kappa shape index (κ3) is 6.25. The third-order valence-electron chi connectivity index (χ3n) is 4.34. The highest BCUT2D eigenvalue weighted by Gasteiger charge is 2.31. The molecule has 1 rings (SSSR count). The second kappa shape index (κ2) is 11.3.